The highest BCUT2D eigenvalue weighted by Crippen LogP contribution is 2.38. The fourth-order valence-corrected chi connectivity index (χ4v) is 1.88. The van der Waals surface area contributed by atoms with Crippen molar-refractivity contribution in [1.82, 2.24) is 9.78 Å². The Hall–Kier alpha value is -2.03. The summed E-state index contributed by atoms with van der Waals surface area (Å²) in [5, 5.41) is 13.2. The van der Waals surface area contributed by atoms with Gasteiger partial charge >= 0.3 is 12.4 Å². The summed E-state index contributed by atoms with van der Waals surface area (Å²) in [6.45, 7) is 1.53. The topological polar surface area (TPSA) is 38.0 Å². The number of aryl methyl sites for hydroxylation is 1. The Bertz CT molecular complexity index is 674. The van der Waals surface area contributed by atoms with Crippen molar-refractivity contribution in [2.24, 2.45) is 0 Å². The Morgan fingerprint density at radius 1 is 1.09 bits per heavy atom. The van der Waals surface area contributed by atoms with E-state index in [1.165, 1.54) is 19.2 Å². The number of halogens is 6. The summed E-state index contributed by atoms with van der Waals surface area (Å²) in [5.41, 5.74) is -1.91. The van der Waals surface area contributed by atoms with Crippen LogP contribution in [-0.4, -0.2) is 21.1 Å². The number of aliphatic hydroxyl groups excluding tert-OH is 1. The average molecular weight is 324 g/mol. The molecule has 2 rings (SSSR count). The number of nitrogens with zero attached hydrogens (tertiary/aromatic N) is 2. The van der Waals surface area contributed by atoms with Crippen LogP contribution >= 0.6 is 0 Å². The molecule has 120 valence electrons. The molecule has 0 saturated heterocycles. The zero-order valence-electron chi connectivity index (χ0n) is 11.1. The van der Waals surface area contributed by atoms with E-state index in [2.05, 4.69) is 5.10 Å². The van der Waals surface area contributed by atoms with Crippen LogP contribution < -0.4 is 0 Å². The molecule has 0 aliphatic rings. The highest BCUT2D eigenvalue weighted by Gasteiger charge is 2.41. The lowest BCUT2D eigenvalue weighted by Gasteiger charge is -2.19. The number of aliphatic hydroxyl groups is 1. The molecule has 22 heavy (non-hydrogen) atoms. The molecular formula is C13H10F6N2O. The molecule has 2 aromatic rings. The van der Waals surface area contributed by atoms with Crippen molar-refractivity contribution in [2.75, 3.05) is 0 Å². The van der Waals surface area contributed by atoms with E-state index in [9.17, 15) is 31.4 Å². The van der Waals surface area contributed by atoms with Crippen LogP contribution in [0.4, 0.5) is 26.3 Å². The largest absolute Gasteiger partial charge is 0.418 e. The monoisotopic (exact) mass is 324 g/mol. The van der Waals surface area contributed by atoms with Crippen molar-refractivity contribution in [3.63, 3.8) is 0 Å². The van der Waals surface area contributed by atoms with Crippen LogP contribution in [0.25, 0.3) is 5.69 Å². The average Bonchev–Trinajstić information content (AvgIpc) is 2.81. The van der Waals surface area contributed by atoms with Gasteiger partial charge in [-0.15, -0.1) is 0 Å². The lowest BCUT2D eigenvalue weighted by atomic mass is 10.0. The first-order valence-electron chi connectivity index (χ1n) is 5.98. The quantitative estimate of drug-likeness (QED) is 0.854. The molecule has 0 unspecified atom stereocenters. The summed E-state index contributed by atoms with van der Waals surface area (Å²) < 4.78 is 77.1. The molecule has 1 aromatic carbocycles. The van der Waals surface area contributed by atoms with Gasteiger partial charge in [0.05, 0.1) is 16.9 Å². The molecule has 9 heteroatoms. The van der Waals surface area contributed by atoms with Crippen molar-refractivity contribution in [3.05, 3.63) is 47.3 Å². The molecule has 0 amide bonds. The molecule has 0 spiro atoms. The third kappa shape index (κ3) is 3.24. The zero-order valence-corrected chi connectivity index (χ0v) is 11.1. The van der Waals surface area contributed by atoms with Gasteiger partial charge in [-0.1, -0.05) is 6.07 Å². The molecule has 0 aliphatic carbocycles. The fourth-order valence-electron chi connectivity index (χ4n) is 1.88. The van der Waals surface area contributed by atoms with Gasteiger partial charge in [-0.05, 0) is 25.1 Å². The lowest BCUT2D eigenvalue weighted by Crippen LogP contribution is -2.22. The number of hydrogen-bond donors (Lipinski definition) is 1. The van der Waals surface area contributed by atoms with Crippen LogP contribution in [0.2, 0.25) is 0 Å². The molecule has 0 radical (unpaired) electrons. The Balaban J connectivity index is 2.64. The van der Waals surface area contributed by atoms with E-state index in [1.54, 1.807) is 0 Å². The summed E-state index contributed by atoms with van der Waals surface area (Å²) in [4.78, 5) is 0. The van der Waals surface area contributed by atoms with E-state index in [4.69, 9.17) is 0 Å². The van der Waals surface area contributed by atoms with Crippen molar-refractivity contribution < 1.29 is 31.4 Å². The van der Waals surface area contributed by atoms with Crippen LogP contribution in [-0.2, 0) is 6.18 Å². The minimum absolute atomic E-state index is 0.407. The Morgan fingerprint density at radius 3 is 2.18 bits per heavy atom. The van der Waals surface area contributed by atoms with Gasteiger partial charge in [-0.2, -0.15) is 31.4 Å². The SMILES string of the molecule is Cc1ccn(-c2cc(C(F)(F)F)ccc2[C@@H](O)C(F)(F)F)n1. The van der Waals surface area contributed by atoms with E-state index in [1.807, 2.05) is 0 Å². The Labute approximate surface area is 120 Å². The molecule has 3 nitrogen and oxygen atoms in total. The summed E-state index contributed by atoms with van der Waals surface area (Å²) in [5.74, 6) is 0. The zero-order chi connectivity index (χ0) is 16.7. The predicted molar refractivity (Wildman–Crippen MR) is 64.3 cm³/mol. The molecule has 1 N–H and O–H groups in total. The summed E-state index contributed by atoms with van der Waals surface area (Å²) in [6, 6.07) is 3.04. The normalized spacial score (nSPS) is 14.2. The van der Waals surface area contributed by atoms with Gasteiger partial charge in [-0.3, -0.25) is 0 Å². The van der Waals surface area contributed by atoms with Gasteiger partial charge in [0.25, 0.3) is 0 Å². The molecule has 1 heterocycles. The highest BCUT2D eigenvalue weighted by molar-refractivity contribution is 5.46. The van der Waals surface area contributed by atoms with Gasteiger partial charge in [0, 0.05) is 11.8 Å². The maximum absolute atomic E-state index is 12.7. The van der Waals surface area contributed by atoms with Gasteiger partial charge < -0.3 is 5.11 Å². The van der Waals surface area contributed by atoms with Crippen molar-refractivity contribution in [2.45, 2.75) is 25.4 Å². The van der Waals surface area contributed by atoms with Gasteiger partial charge in [-0.25, -0.2) is 4.68 Å². The molecule has 0 bridgehead atoms. The Morgan fingerprint density at radius 2 is 1.73 bits per heavy atom. The maximum atomic E-state index is 12.7. The van der Waals surface area contributed by atoms with E-state index in [0.717, 1.165) is 4.68 Å². The van der Waals surface area contributed by atoms with Crippen LogP contribution in [0.3, 0.4) is 0 Å². The molecular weight excluding hydrogens is 314 g/mol. The minimum atomic E-state index is -5.00. The van der Waals surface area contributed by atoms with Crippen molar-refractivity contribution in [3.8, 4) is 5.69 Å². The number of benzene rings is 1. The number of aromatic nitrogens is 2. The number of hydrogen-bond acceptors (Lipinski definition) is 2. The molecule has 1 atom stereocenters. The van der Waals surface area contributed by atoms with E-state index < -0.39 is 35.3 Å². The second kappa shape index (κ2) is 5.31. The standard InChI is InChI=1S/C13H10F6N2O/c1-7-4-5-21(20-7)10-6-8(12(14,15)16)2-3-9(10)11(22)13(17,18)19/h2-6,11,22H,1H3/t11-/m1/s1. The molecule has 0 fully saturated rings. The first kappa shape index (κ1) is 16.3. The van der Waals surface area contributed by atoms with E-state index in [0.29, 0.717) is 23.9 Å². The van der Waals surface area contributed by atoms with Crippen LogP contribution in [0, 0.1) is 6.92 Å². The number of alkyl halides is 6. The van der Waals surface area contributed by atoms with Gasteiger partial charge in [0.1, 0.15) is 0 Å². The highest BCUT2D eigenvalue weighted by atomic mass is 19.4. The number of rotatable bonds is 2. The van der Waals surface area contributed by atoms with Crippen LogP contribution in [0.15, 0.2) is 30.5 Å². The molecule has 1 aromatic heterocycles. The predicted octanol–water partition coefficient (Wildman–Crippen LogP) is 3.80. The van der Waals surface area contributed by atoms with Crippen molar-refractivity contribution >= 4 is 0 Å². The first-order valence-corrected chi connectivity index (χ1v) is 5.98. The summed E-state index contributed by atoms with van der Waals surface area (Å²) in [6.07, 6.45) is -11.4. The van der Waals surface area contributed by atoms with E-state index in [-0.39, 0.29) is 0 Å². The van der Waals surface area contributed by atoms with Gasteiger partial charge in [0.15, 0.2) is 6.10 Å². The second-order valence-electron chi connectivity index (χ2n) is 4.62. The van der Waals surface area contributed by atoms with E-state index >= 15 is 0 Å². The molecule has 0 saturated carbocycles. The fraction of sp³-hybridized carbons (Fsp3) is 0.308. The maximum Gasteiger partial charge on any atom is 0.418 e. The third-order valence-corrected chi connectivity index (χ3v) is 2.93. The van der Waals surface area contributed by atoms with Crippen LogP contribution in [0.1, 0.15) is 22.9 Å². The summed E-state index contributed by atoms with van der Waals surface area (Å²) >= 11 is 0. The van der Waals surface area contributed by atoms with Gasteiger partial charge in [0.2, 0.25) is 0 Å². The molecule has 0 aliphatic heterocycles. The summed E-state index contributed by atoms with van der Waals surface area (Å²) in [7, 11) is 0. The van der Waals surface area contributed by atoms with Crippen LogP contribution in [0.5, 0.6) is 0 Å². The Kier molecular flexibility index (Phi) is 3.94. The second-order valence-corrected chi connectivity index (χ2v) is 4.62. The smallest absolute Gasteiger partial charge is 0.379 e. The minimum Gasteiger partial charge on any atom is -0.379 e. The van der Waals surface area contributed by atoms with Crippen molar-refractivity contribution in [1.29, 1.82) is 0 Å². The lowest BCUT2D eigenvalue weighted by molar-refractivity contribution is -0.206. The third-order valence-electron chi connectivity index (χ3n) is 2.93. The first-order chi connectivity index (χ1) is 10.00.